The van der Waals surface area contributed by atoms with Crippen molar-refractivity contribution < 1.29 is 4.39 Å². The average molecular weight is 232 g/mol. The van der Waals surface area contributed by atoms with E-state index in [9.17, 15) is 4.39 Å². The highest BCUT2D eigenvalue weighted by Gasteiger charge is 2.08. The Morgan fingerprint density at radius 1 is 1.53 bits per heavy atom. The molecule has 3 nitrogen and oxygen atoms in total. The van der Waals surface area contributed by atoms with Crippen LogP contribution in [0.3, 0.4) is 0 Å². The van der Waals surface area contributed by atoms with Crippen molar-refractivity contribution in [3.63, 3.8) is 0 Å². The van der Waals surface area contributed by atoms with Crippen LogP contribution >= 0.6 is 11.6 Å². The Morgan fingerprint density at radius 2 is 2.27 bits per heavy atom. The first-order chi connectivity index (χ1) is 7.15. The summed E-state index contributed by atoms with van der Waals surface area (Å²) < 4.78 is 13.6. The van der Waals surface area contributed by atoms with Crippen molar-refractivity contribution in [2.75, 3.05) is 11.9 Å². The van der Waals surface area contributed by atoms with Crippen LogP contribution in [-0.2, 0) is 6.42 Å². The molecule has 1 unspecified atom stereocenters. The molecule has 1 aromatic rings. The van der Waals surface area contributed by atoms with E-state index in [4.69, 9.17) is 11.6 Å². The molecule has 1 rings (SSSR count). The SMILES string of the molecule is CCc1ncnc(NCCC(C)Cl)c1F. The van der Waals surface area contributed by atoms with E-state index in [-0.39, 0.29) is 17.0 Å². The minimum absolute atomic E-state index is 0.0769. The predicted octanol–water partition coefficient (Wildman–Crippen LogP) is 2.61. The molecule has 0 aromatic carbocycles. The summed E-state index contributed by atoms with van der Waals surface area (Å²) in [5, 5.41) is 2.99. The first-order valence-corrected chi connectivity index (χ1v) is 5.46. The fourth-order valence-corrected chi connectivity index (χ4v) is 1.27. The fourth-order valence-electron chi connectivity index (χ4n) is 1.17. The molecule has 0 aliphatic rings. The summed E-state index contributed by atoms with van der Waals surface area (Å²) in [6.45, 7) is 4.37. The summed E-state index contributed by atoms with van der Waals surface area (Å²) in [6.07, 6.45) is 2.70. The van der Waals surface area contributed by atoms with E-state index in [1.54, 1.807) is 0 Å². The molecule has 0 fully saturated rings. The molecule has 15 heavy (non-hydrogen) atoms. The van der Waals surface area contributed by atoms with Gasteiger partial charge in [-0.05, 0) is 19.8 Å². The van der Waals surface area contributed by atoms with Crippen molar-refractivity contribution in [1.82, 2.24) is 9.97 Å². The molecular weight excluding hydrogens is 217 g/mol. The number of aromatic nitrogens is 2. The van der Waals surface area contributed by atoms with Gasteiger partial charge in [-0.2, -0.15) is 0 Å². The molecule has 1 aromatic heterocycles. The Morgan fingerprint density at radius 3 is 2.87 bits per heavy atom. The van der Waals surface area contributed by atoms with Gasteiger partial charge >= 0.3 is 0 Å². The number of hydrogen-bond acceptors (Lipinski definition) is 3. The van der Waals surface area contributed by atoms with Gasteiger partial charge in [0.05, 0.1) is 5.69 Å². The van der Waals surface area contributed by atoms with E-state index in [1.165, 1.54) is 6.33 Å². The van der Waals surface area contributed by atoms with Crippen LogP contribution in [0.25, 0.3) is 0 Å². The number of aryl methyl sites for hydroxylation is 1. The summed E-state index contributed by atoms with van der Waals surface area (Å²) in [7, 11) is 0. The lowest BCUT2D eigenvalue weighted by Crippen LogP contribution is -2.10. The maximum atomic E-state index is 13.6. The maximum absolute atomic E-state index is 13.6. The summed E-state index contributed by atoms with van der Waals surface area (Å²) in [6, 6.07) is 0. The second kappa shape index (κ2) is 5.85. The number of nitrogens with one attached hydrogen (secondary N) is 1. The van der Waals surface area contributed by atoms with E-state index in [0.717, 1.165) is 6.42 Å². The highest BCUT2D eigenvalue weighted by Crippen LogP contribution is 2.13. The molecule has 84 valence electrons. The highest BCUT2D eigenvalue weighted by molar-refractivity contribution is 6.20. The lowest BCUT2D eigenvalue weighted by atomic mass is 10.3. The number of halogens is 2. The number of hydrogen-bond donors (Lipinski definition) is 1. The van der Waals surface area contributed by atoms with E-state index in [0.29, 0.717) is 18.7 Å². The Bertz CT molecular complexity index is 318. The van der Waals surface area contributed by atoms with Gasteiger partial charge in [0, 0.05) is 11.9 Å². The quantitative estimate of drug-likeness (QED) is 0.792. The Kier molecular flexibility index (Phi) is 4.75. The fraction of sp³-hybridized carbons (Fsp3) is 0.600. The predicted molar refractivity (Wildman–Crippen MR) is 59.8 cm³/mol. The van der Waals surface area contributed by atoms with Gasteiger partial charge in [0.2, 0.25) is 0 Å². The molecule has 0 saturated carbocycles. The lowest BCUT2D eigenvalue weighted by Gasteiger charge is -2.08. The van der Waals surface area contributed by atoms with Crippen LogP contribution in [0, 0.1) is 5.82 Å². The Labute approximate surface area is 94.1 Å². The molecule has 0 bridgehead atoms. The number of alkyl halides is 1. The van der Waals surface area contributed by atoms with Crippen molar-refractivity contribution >= 4 is 17.4 Å². The lowest BCUT2D eigenvalue weighted by molar-refractivity contribution is 0.596. The standard InChI is InChI=1S/C10H15ClFN3/c1-3-8-9(12)10(15-6-14-8)13-5-4-7(2)11/h6-7H,3-5H2,1-2H3,(H,13,14,15). The molecular formula is C10H15ClFN3. The van der Waals surface area contributed by atoms with Crippen LogP contribution in [-0.4, -0.2) is 21.9 Å². The zero-order valence-electron chi connectivity index (χ0n) is 8.93. The maximum Gasteiger partial charge on any atom is 0.186 e. The van der Waals surface area contributed by atoms with Gasteiger partial charge in [-0.15, -0.1) is 11.6 Å². The second-order valence-corrected chi connectivity index (χ2v) is 4.08. The molecule has 1 atom stereocenters. The molecule has 0 amide bonds. The minimum atomic E-state index is -0.359. The summed E-state index contributed by atoms with van der Waals surface area (Å²) in [5.74, 6) is -0.0959. The molecule has 0 aliphatic carbocycles. The van der Waals surface area contributed by atoms with Gasteiger partial charge in [-0.3, -0.25) is 0 Å². The van der Waals surface area contributed by atoms with Crippen molar-refractivity contribution in [2.24, 2.45) is 0 Å². The highest BCUT2D eigenvalue weighted by atomic mass is 35.5. The minimum Gasteiger partial charge on any atom is -0.367 e. The van der Waals surface area contributed by atoms with Crippen molar-refractivity contribution in [3.05, 3.63) is 17.8 Å². The van der Waals surface area contributed by atoms with Crippen molar-refractivity contribution in [1.29, 1.82) is 0 Å². The number of rotatable bonds is 5. The van der Waals surface area contributed by atoms with Gasteiger partial charge in [-0.25, -0.2) is 14.4 Å². The average Bonchev–Trinajstić information content (AvgIpc) is 2.20. The molecule has 1 heterocycles. The van der Waals surface area contributed by atoms with Crippen LogP contribution in [0.4, 0.5) is 10.2 Å². The summed E-state index contributed by atoms with van der Waals surface area (Å²) in [4.78, 5) is 7.69. The molecule has 1 N–H and O–H groups in total. The van der Waals surface area contributed by atoms with Gasteiger partial charge in [0.1, 0.15) is 6.33 Å². The molecule has 0 saturated heterocycles. The van der Waals surface area contributed by atoms with Gasteiger partial charge < -0.3 is 5.32 Å². The number of anilines is 1. The third-order valence-electron chi connectivity index (χ3n) is 2.03. The molecule has 0 spiro atoms. The van der Waals surface area contributed by atoms with E-state index in [2.05, 4.69) is 15.3 Å². The number of nitrogens with zero attached hydrogens (tertiary/aromatic N) is 2. The van der Waals surface area contributed by atoms with Gasteiger partial charge in [-0.1, -0.05) is 6.92 Å². The molecule has 0 radical (unpaired) electrons. The second-order valence-electron chi connectivity index (χ2n) is 3.33. The van der Waals surface area contributed by atoms with Crippen LogP contribution < -0.4 is 5.32 Å². The van der Waals surface area contributed by atoms with Crippen LogP contribution in [0.2, 0.25) is 0 Å². The van der Waals surface area contributed by atoms with E-state index in [1.807, 2.05) is 13.8 Å². The zero-order chi connectivity index (χ0) is 11.3. The Balaban J connectivity index is 2.61. The first kappa shape index (κ1) is 12.2. The van der Waals surface area contributed by atoms with Crippen LogP contribution in [0.15, 0.2) is 6.33 Å². The third kappa shape index (κ3) is 3.63. The topological polar surface area (TPSA) is 37.8 Å². The summed E-state index contributed by atoms with van der Waals surface area (Å²) in [5.41, 5.74) is 0.437. The third-order valence-corrected chi connectivity index (χ3v) is 2.25. The van der Waals surface area contributed by atoms with Gasteiger partial charge in [0.15, 0.2) is 11.6 Å². The molecule has 5 heteroatoms. The molecule has 0 aliphatic heterocycles. The monoisotopic (exact) mass is 231 g/mol. The summed E-state index contributed by atoms with van der Waals surface area (Å²) >= 11 is 5.78. The van der Waals surface area contributed by atoms with Crippen LogP contribution in [0.5, 0.6) is 0 Å². The van der Waals surface area contributed by atoms with Crippen molar-refractivity contribution in [2.45, 2.75) is 32.1 Å². The van der Waals surface area contributed by atoms with Crippen LogP contribution in [0.1, 0.15) is 26.0 Å². The smallest absolute Gasteiger partial charge is 0.186 e. The normalized spacial score (nSPS) is 12.5. The van der Waals surface area contributed by atoms with E-state index < -0.39 is 0 Å². The van der Waals surface area contributed by atoms with E-state index >= 15 is 0 Å². The first-order valence-electron chi connectivity index (χ1n) is 5.02. The zero-order valence-corrected chi connectivity index (χ0v) is 9.68. The van der Waals surface area contributed by atoms with Gasteiger partial charge in [0.25, 0.3) is 0 Å². The Hall–Kier alpha value is -0.900. The van der Waals surface area contributed by atoms with Crippen molar-refractivity contribution in [3.8, 4) is 0 Å². The largest absolute Gasteiger partial charge is 0.367 e.